The number of anilines is 2. The van der Waals surface area contributed by atoms with Crippen LogP contribution in [-0.2, 0) is 24.8 Å². The maximum absolute atomic E-state index is 14.5. The molecule has 3 aliphatic heterocycles. The van der Waals surface area contributed by atoms with Crippen LogP contribution >= 0.6 is 0 Å². The number of hydrogen-bond donors (Lipinski definition) is 1. The molecule has 5 heterocycles. The number of urea groups is 1. The second-order valence-electron chi connectivity index (χ2n) is 10.8. The number of aryl methyl sites for hydroxylation is 1. The quantitative estimate of drug-likeness (QED) is 0.509. The molecule has 1 atom stereocenters. The summed E-state index contributed by atoms with van der Waals surface area (Å²) in [6, 6.07) is 3.67. The lowest BCUT2D eigenvalue weighted by Gasteiger charge is -2.36. The fraction of sp³-hybridized carbons (Fsp3) is 0.536. The zero-order valence-corrected chi connectivity index (χ0v) is 22.7. The van der Waals surface area contributed by atoms with Crippen LogP contribution in [0.4, 0.5) is 25.1 Å². The summed E-state index contributed by atoms with van der Waals surface area (Å²) in [4.78, 5) is 16.5. The summed E-state index contributed by atoms with van der Waals surface area (Å²) in [5, 5.41) is 12.1. The minimum Gasteiger partial charge on any atom is -0.381 e. The first-order valence-electron chi connectivity index (χ1n) is 13.7. The van der Waals surface area contributed by atoms with E-state index in [1.165, 1.54) is 0 Å². The fourth-order valence-electron chi connectivity index (χ4n) is 6.27. The van der Waals surface area contributed by atoms with E-state index in [2.05, 4.69) is 26.9 Å². The molecular weight excluding hydrogens is 504 g/mol. The predicted molar refractivity (Wildman–Crippen MR) is 144 cm³/mol. The second kappa shape index (κ2) is 10.3. The molecule has 0 aliphatic carbocycles. The van der Waals surface area contributed by atoms with Crippen molar-refractivity contribution in [2.75, 3.05) is 38.3 Å². The van der Waals surface area contributed by atoms with Crippen molar-refractivity contribution in [3.05, 3.63) is 46.9 Å². The average Bonchev–Trinajstić information content (AvgIpc) is 3.56. The predicted octanol–water partition coefficient (Wildman–Crippen LogP) is 4.92. The number of alkyl halides is 2. The van der Waals surface area contributed by atoms with E-state index in [9.17, 15) is 13.6 Å². The van der Waals surface area contributed by atoms with Crippen LogP contribution < -0.4 is 10.2 Å². The standard InChI is InChI=1S/C28H35F2N7O2/c1-17-4-9-36(25-13-22(26(29)30)21(12-20(17)25)18-14-32-34(3)15-18)27-23-16-35(28(38)31-2)8-5-24(23)37(33-27)19-6-10-39-11-7-19/h12-15,17,19,26H,4-11,16H2,1-3H3,(H,31,38)/t17-/m1/s1. The molecule has 1 aromatic carbocycles. The third kappa shape index (κ3) is 4.56. The summed E-state index contributed by atoms with van der Waals surface area (Å²) in [6.45, 7) is 5.24. The van der Waals surface area contributed by atoms with Crippen LogP contribution in [0.2, 0.25) is 0 Å². The molecule has 2 aromatic heterocycles. The monoisotopic (exact) mass is 539 g/mol. The van der Waals surface area contributed by atoms with Gasteiger partial charge in [-0.05, 0) is 48.4 Å². The van der Waals surface area contributed by atoms with Crippen LogP contribution in [0.15, 0.2) is 24.5 Å². The Bertz CT molecular complexity index is 1380. The maximum Gasteiger partial charge on any atom is 0.317 e. The molecule has 39 heavy (non-hydrogen) atoms. The van der Waals surface area contributed by atoms with Crippen molar-refractivity contribution in [2.45, 2.75) is 57.5 Å². The lowest BCUT2D eigenvalue weighted by Crippen LogP contribution is -2.42. The van der Waals surface area contributed by atoms with Gasteiger partial charge in [-0.3, -0.25) is 9.36 Å². The van der Waals surface area contributed by atoms with Gasteiger partial charge in [0.2, 0.25) is 0 Å². The van der Waals surface area contributed by atoms with E-state index in [0.717, 1.165) is 47.6 Å². The van der Waals surface area contributed by atoms with Crippen LogP contribution in [0, 0.1) is 0 Å². The maximum atomic E-state index is 14.5. The Kier molecular flexibility index (Phi) is 6.78. The van der Waals surface area contributed by atoms with Gasteiger partial charge in [0, 0.05) is 81.1 Å². The molecule has 1 saturated heterocycles. The van der Waals surface area contributed by atoms with Crippen LogP contribution in [0.3, 0.4) is 0 Å². The SMILES string of the molecule is CNC(=O)N1CCc2c(c(N3CC[C@@H](C)c4cc(-c5cnn(C)c5)c(C(F)F)cc43)nn2C2CCOCC2)C1. The van der Waals surface area contributed by atoms with Crippen molar-refractivity contribution in [1.82, 2.24) is 29.8 Å². The summed E-state index contributed by atoms with van der Waals surface area (Å²) in [5.74, 6) is 0.974. The van der Waals surface area contributed by atoms with E-state index in [-0.39, 0.29) is 23.6 Å². The van der Waals surface area contributed by atoms with Gasteiger partial charge in [-0.2, -0.15) is 10.2 Å². The summed E-state index contributed by atoms with van der Waals surface area (Å²) in [5.41, 5.74) is 5.13. The van der Waals surface area contributed by atoms with Gasteiger partial charge >= 0.3 is 6.03 Å². The molecule has 11 heteroatoms. The number of aromatic nitrogens is 4. The number of ether oxygens (including phenoxy) is 1. The third-order valence-corrected chi connectivity index (χ3v) is 8.42. The molecule has 0 bridgehead atoms. The minimum atomic E-state index is -2.64. The first-order valence-corrected chi connectivity index (χ1v) is 13.7. The highest BCUT2D eigenvalue weighted by atomic mass is 19.3. The Morgan fingerprint density at radius 2 is 1.97 bits per heavy atom. The Morgan fingerprint density at radius 1 is 1.18 bits per heavy atom. The van der Waals surface area contributed by atoms with Gasteiger partial charge in [0.15, 0.2) is 5.82 Å². The lowest BCUT2D eigenvalue weighted by molar-refractivity contribution is 0.0651. The third-order valence-electron chi connectivity index (χ3n) is 8.42. The van der Waals surface area contributed by atoms with Gasteiger partial charge in [-0.15, -0.1) is 0 Å². The summed E-state index contributed by atoms with van der Waals surface area (Å²) < 4.78 is 38.4. The van der Waals surface area contributed by atoms with E-state index in [1.807, 2.05) is 6.07 Å². The minimum absolute atomic E-state index is 0.00873. The Hall–Kier alpha value is -3.47. The molecule has 3 aliphatic rings. The van der Waals surface area contributed by atoms with Crippen LogP contribution in [-0.4, -0.2) is 63.8 Å². The van der Waals surface area contributed by atoms with E-state index in [0.29, 0.717) is 50.4 Å². The number of amides is 2. The van der Waals surface area contributed by atoms with E-state index < -0.39 is 6.43 Å². The highest BCUT2D eigenvalue weighted by Crippen LogP contribution is 2.46. The van der Waals surface area contributed by atoms with Gasteiger partial charge in [0.05, 0.1) is 18.8 Å². The first-order chi connectivity index (χ1) is 18.9. The van der Waals surface area contributed by atoms with Crippen LogP contribution in [0.1, 0.15) is 67.0 Å². The Labute approximate surface area is 226 Å². The van der Waals surface area contributed by atoms with E-state index >= 15 is 0 Å². The molecule has 6 rings (SSSR count). The second-order valence-corrected chi connectivity index (χ2v) is 10.8. The molecule has 208 valence electrons. The summed E-state index contributed by atoms with van der Waals surface area (Å²) in [6.07, 6.45) is 4.10. The van der Waals surface area contributed by atoms with Crippen LogP contribution in [0.5, 0.6) is 0 Å². The summed E-state index contributed by atoms with van der Waals surface area (Å²) >= 11 is 0. The molecule has 0 spiro atoms. The van der Waals surface area contributed by atoms with Crippen molar-refractivity contribution >= 4 is 17.5 Å². The van der Waals surface area contributed by atoms with E-state index in [1.54, 1.807) is 42.1 Å². The molecule has 9 nitrogen and oxygen atoms in total. The molecule has 3 aromatic rings. The Morgan fingerprint density at radius 3 is 2.67 bits per heavy atom. The number of carbonyl (C=O) groups is 1. The number of fused-ring (bicyclic) bond motifs is 2. The van der Waals surface area contributed by atoms with Crippen molar-refractivity contribution < 1.29 is 18.3 Å². The topological polar surface area (TPSA) is 80.5 Å². The number of nitrogens with one attached hydrogen (secondary N) is 1. The van der Waals surface area contributed by atoms with Crippen molar-refractivity contribution in [3.63, 3.8) is 0 Å². The highest BCUT2D eigenvalue weighted by molar-refractivity contribution is 5.78. The fourth-order valence-corrected chi connectivity index (χ4v) is 6.27. The van der Waals surface area contributed by atoms with Gasteiger partial charge in [-0.25, -0.2) is 13.6 Å². The number of carbonyl (C=O) groups excluding carboxylic acids is 1. The molecule has 0 unspecified atom stereocenters. The molecule has 0 saturated carbocycles. The molecule has 2 amide bonds. The molecular formula is C28H35F2N7O2. The number of halogens is 2. The van der Waals surface area contributed by atoms with Gasteiger partial charge in [0.1, 0.15) is 0 Å². The van der Waals surface area contributed by atoms with Crippen molar-refractivity contribution in [2.24, 2.45) is 7.05 Å². The largest absolute Gasteiger partial charge is 0.381 e. The van der Waals surface area contributed by atoms with E-state index in [4.69, 9.17) is 9.84 Å². The molecule has 1 fully saturated rings. The normalized spacial score (nSPS) is 19.8. The van der Waals surface area contributed by atoms with Crippen LogP contribution in [0.25, 0.3) is 11.1 Å². The number of benzene rings is 1. The zero-order valence-electron chi connectivity index (χ0n) is 22.7. The number of hydrogen-bond acceptors (Lipinski definition) is 5. The first kappa shape index (κ1) is 25.8. The lowest BCUT2D eigenvalue weighted by atomic mass is 9.87. The number of rotatable bonds is 4. The molecule has 1 N–H and O–H groups in total. The Balaban J connectivity index is 1.49. The number of nitrogens with zero attached hydrogens (tertiary/aromatic N) is 6. The highest BCUT2D eigenvalue weighted by Gasteiger charge is 2.35. The summed E-state index contributed by atoms with van der Waals surface area (Å²) in [7, 11) is 3.42. The smallest absolute Gasteiger partial charge is 0.317 e. The average molecular weight is 540 g/mol. The van der Waals surface area contributed by atoms with Gasteiger partial charge in [-0.1, -0.05) is 6.92 Å². The van der Waals surface area contributed by atoms with Gasteiger partial charge < -0.3 is 19.9 Å². The zero-order chi connectivity index (χ0) is 27.3. The van der Waals surface area contributed by atoms with Crippen molar-refractivity contribution in [3.8, 4) is 11.1 Å². The molecule has 0 radical (unpaired) electrons. The van der Waals surface area contributed by atoms with Gasteiger partial charge in [0.25, 0.3) is 6.43 Å². The van der Waals surface area contributed by atoms with Crippen molar-refractivity contribution in [1.29, 1.82) is 0 Å².